The second-order valence-corrected chi connectivity index (χ2v) is 6.01. The Balaban J connectivity index is 1.63. The van der Waals surface area contributed by atoms with Gasteiger partial charge in [-0.25, -0.2) is 9.67 Å². The number of aromatic nitrogens is 4. The summed E-state index contributed by atoms with van der Waals surface area (Å²) in [6.45, 7) is 6.24. The Morgan fingerprint density at radius 1 is 1.30 bits per heavy atom. The van der Waals surface area contributed by atoms with Crippen molar-refractivity contribution in [3.8, 4) is 6.07 Å². The average molecular weight is 329 g/mol. The molecule has 0 N–H and O–H groups in total. The molecule has 8 heteroatoms. The Bertz CT molecular complexity index is 793. The molecule has 7 nitrogen and oxygen atoms in total. The Kier molecular flexibility index (Phi) is 4.41. The third-order valence-electron chi connectivity index (χ3n) is 4.16. The summed E-state index contributed by atoms with van der Waals surface area (Å²) in [6.07, 6.45) is 1.69. The summed E-state index contributed by atoms with van der Waals surface area (Å²) in [5, 5.41) is 13.5. The van der Waals surface area contributed by atoms with Crippen molar-refractivity contribution in [2.75, 3.05) is 31.1 Å². The lowest BCUT2D eigenvalue weighted by atomic mass is 10.2. The van der Waals surface area contributed by atoms with E-state index >= 15 is 0 Å². The van der Waals surface area contributed by atoms with Crippen LogP contribution in [0.1, 0.15) is 11.4 Å². The van der Waals surface area contributed by atoms with E-state index in [1.807, 2.05) is 29.3 Å². The molecule has 2 aromatic heterocycles. The first-order chi connectivity index (χ1) is 11.1. The zero-order valence-corrected chi connectivity index (χ0v) is 14.1. The zero-order valence-electron chi connectivity index (χ0n) is 13.3. The normalized spacial score (nSPS) is 15.6. The van der Waals surface area contributed by atoms with E-state index in [9.17, 15) is 0 Å². The predicted octanol–water partition coefficient (Wildman–Crippen LogP) is 1.31. The standard InChI is InChI=1S/C15H19N7S/c1-12-18-22(15(23)19(12)2)11-20-5-7-21(8-6-20)14-9-13(10-16)3-4-17-14/h3-4,9H,5-8,11H2,1-2H3. The Morgan fingerprint density at radius 3 is 2.65 bits per heavy atom. The average Bonchev–Trinajstić information content (AvgIpc) is 2.82. The van der Waals surface area contributed by atoms with Crippen LogP contribution in [0.4, 0.5) is 5.82 Å². The molecule has 23 heavy (non-hydrogen) atoms. The molecule has 3 heterocycles. The molecule has 1 saturated heterocycles. The van der Waals surface area contributed by atoms with Gasteiger partial charge in [-0.2, -0.15) is 10.4 Å². The molecule has 1 aliphatic heterocycles. The van der Waals surface area contributed by atoms with Crippen molar-refractivity contribution >= 4 is 18.0 Å². The van der Waals surface area contributed by atoms with Gasteiger partial charge >= 0.3 is 0 Å². The summed E-state index contributed by atoms with van der Waals surface area (Å²) >= 11 is 5.40. The second-order valence-electron chi connectivity index (χ2n) is 5.65. The number of anilines is 1. The van der Waals surface area contributed by atoms with E-state index in [1.165, 1.54) is 0 Å². The van der Waals surface area contributed by atoms with E-state index in [0.29, 0.717) is 12.2 Å². The van der Waals surface area contributed by atoms with Crippen LogP contribution in [-0.2, 0) is 13.7 Å². The molecule has 0 atom stereocenters. The van der Waals surface area contributed by atoms with Crippen LogP contribution in [0, 0.1) is 23.0 Å². The van der Waals surface area contributed by atoms with Gasteiger partial charge in [0.15, 0.2) is 4.77 Å². The molecule has 3 rings (SSSR count). The molecule has 0 saturated carbocycles. The molecule has 0 unspecified atom stereocenters. The molecular formula is C15H19N7S. The Hall–Kier alpha value is -2.24. The number of nitriles is 1. The summed E-state index contributed by atoms with van der Waals surface area (Å²) in [5.74, 6) is 1.79. The minimum absolute atomic E-state index is 0.646. The fourth-order valence-electron chi connectivity index (χ4n) is 2.66. The first-order valence-corrected chi connectivity index (χ1v) is 7.93. The van der Waals surface area contributed by atoms with Gasteiger partial charge in [0, 0.05) is 39.4 Å². The highest BCUT2D eigenvalue weighted by Gasteiger charge is 2.19. The van der Waals surface area contributed by atoms with Gasteiger partial charge in [0.05, 0.1) is 18.3 Å². The molecule has 0 aliphatic carbocycles. The highest BCUT2D eigenvalue weighted by Crippen LogP contribution is 2.15. The van der Waals surface area contributed by atoms with Crippen molar-refractivity contribution in [2.45, 2.75) is 13.6 Å². The van der Waals surface area contributed by atoms with Gasteiger partial charge < -0.3 is 9.47 Å². The minimum Gasteiger partial charge on any atom is -0.354 e. The van der Waals surface area contributed by atoms with E-state index in [2.05, 4.69) is 26.0 Å². The first kappa shape index (κ1) is 15.6. The lowest BCUT2D eigenvalue weighted by Crippen LogP contribution is -2.47. The number of rotatable bonds is 3. The van der Waals surface area contributed by atoms with E-state index < -0.39 is 0 Å². The summed E-state index contributed by atoms with van der Waals surface area (Å²) in [6, 6.07) is 5.73. The highest BCUT2D eigenvalue weighted by atomic mass is 32.1. The van der Waals surface area contributed by atoms with Crippen molar-refractivity contribution in [3.63, 3.8) is 0 Å². The molecule has 0 spiro atoms. The highest BCUT2D eigenvalue weighted by molar-refractivity contribution is 7.71. The smallest absolute Gasteiger partial charge is 0.198 e. The van der Waals surface area contributed by atoms with Gasteiger partial charge in [0.25, 0.3) is 0 Å². The summed E-state index contributed by atoms with van der Waals surface area (Å²) in [5.41, 5.74) is 0.646. The van der Waals surface area contributed by atoms with E-state index in [4.69, 9.17) is 17.5 Å². The van der Waals surface area contributed by atoms with Crippen molar-refractivity contribution < 1.29 is 0 Å². The van der Waals surface area contributed by atoms with Gasteiger partial charge in [0.2, 0.25) is 0 Å². The molecular weight excluding hydrogens is 310 g/mol. The maximum atomic E-state index is 8.99. The van der Waals surface area contributed by atoms with Crippen molar-refractivity contribution in [3.05, 3.63) is 34.5 Å². The Labute approximate surface area is 140 Å². The SMILES string of the molecule is Cc1nn(CN2CCN(c3cc(C#N)ccn3)CC2)c(=S)n1C. The fraction of sp³-hybridized carbons (Fsp3) is 0.467. The van der Waals surface area contributed by atoms with E-state index in [-0.39, 0.29) is 0 Å². The van der Waals surface area contributed by atoms with Gasteiger partial charge in [-0.1, -0.05) is 0 Å². The maximum absolute atomic E-state index is 8.99. The molecule has 1 aliphatic rings. The molecule has 0 aromatic carbocycles. The second kappa shape index (κ2) is 6.48. The number of piperazine rings is 1. The van der Waals surface area contributed by atoms with Gasteiger partial charge in [0.1, 0.15) is 11.6 Å². The number of hydrogen-bond donors (Lipinski definition) is 0. The first-order valence-electron chi connectivity index (χ1n) is 7.52. The van der Waals surface area contributed by atoms with Crippen LogP contribution in [0.2, 0.25) is 0 Å². The van der Waals surface area contributed by atoms with Crippen LogP contribution in [0.25, 0.3) is 0 Å². The van der Waals surface area contributed by atoms with Crippen molar-refractivity contribution in [2.24, 2.45) is 7.05 Å². The number of pyridine rings is 1. The van der Waals surface area contributed by atoms with Crippen LogP contribution in [-0.4, -0.2) is 50.4 Å². The van der Waals surface area contributed by atoms with Crippen molar-refractivity contribution in [1.82, 2.24) is 24.2 Å². The van der Waals surface area contributed by atoms with Gasteiger partial charge in [-0.3, -0.25) is 4.90 Å². The van der Waals surface area contributed by atoms with Gasteiger partial charge in [-0.15, -0.1) is 0 Å². The fourth-order valence-corrected chi connectivity index (χ4v) is 2.89. The van der Waals surface area contributed by atoms with Crippen LogP contribution in [0.15, 0.2) is 18.3 Å². The third-order valence-corrected chi connectivity index (χ3v) is 4.65. The molecule has 120 valence electrons. The topological polar surface area (TPSA) is 65.9 Å². The van der Waals surface area contributed by atoms with E-state index in [1.54, 1.807) is 12.3 Å². The summed E-state index contributed by atoms with van der Waals surface area (Å²) in [4.78, 5) is 8.90. The van der Waals surface area contributed by atoms with Crippen LogP contribution >= 0.6 is 12.2 Å². The number of hydrogen-bond acceptors (Lipinski definition) is 6. The summed E-state index contributed by atoms with van der Waals surface area (Å²) in [7, 11) is 1.94. The summed E-state index contributed by atoms with van der Waals surface area (Å²) < 4.78 is 4.53. The van der Waals surface area contributed by atoms with E-state index in [0.717, 1.165) is 42.6 Å². The van der Waals surface area contributed by atoms with Crippen LogP contribution in [0.5, 0.6) is 0 Å². The largest absolute Gasteiger partial charge is 0.354 e. The molecule has 0 amide bonds. The lowest BCUT2D eigenvalue weighted by Gasteiger charge is -2.35. The van der Waals surface area contributed by atoms with Crippen molar-refractivity contribution in [1.29, 1.82) is 5.26 Å². The predicted molar refractivity (Wildman–Crippen MR) is 89.5 cm³/mol. The zero-order chi connectivity index (χ0) is 16.4. The lowest BCUT2D eigenvalue weighted by molar-refractivity contribution is 0.193. The quantitative estimate of drug-likeness (QED) is 0.791. The molecule has 0 radical (unpaired) electrons. The molecule has 1 fully saturated rings. The Morgan fingerprint density at radius 2 is 2.04 bits per heavy atom. The molecule has 2 aromatic rings. The van der Waals surface area contributed by atoms with Crippen LogP contribution in [0.3, 0.4) is 0 Å². The maximum Gasteiger partial charge on any atom is 0.198 e. The number of aryl methyl sites for hydroxylation is 1. The third kappa shape index (κ3) is 3.25. The monoisotopic (exact) mass is 329 g/mol. The minimum atomic E-state index is 0.646. The number of nitrogens with zero attached hydrogens (tertiary/aromatic N) is 7. The molecule has 0 bridgehead atoms. The van der Waals surface area contributed by atoms with Crippen LogP contribution < -0.4 is 4.90 Å². The van der Waals surface area contributed by atoms with Gasteiger partial charge in [-0.05, 0) is 31.3 Å².